The number of nitrogens with one attached hydrogen (secondary N) is 1. The molecule has 1 heterocycles. The molecule has 0 atom stereocenters. The highest BCUT2D eigenvalue weighted by molar-refractivity contribution is 7.99. The number of carbonyl (C=O) groups is 2. The molecule has 2 rings (SSSR count). The topological polar surface area (TPSA) is 67.2 Å². The summed E-state index contributed by atoms with van der Waals surface area (Å²) in [5, 5.41) is 3.79. The number of hydrogen-bond donors (Lipinski definition) is 1. The van der Waals surface area contributed by atoms with Gasteiger partial charge in [0.15, 0.2) is 5.16 Å². The molecular weight excluding hydrogens is 384 g/mol. The fourth-order valence-electron chi connectivity index (χ4n) is 3.03. The lowest BCUT2D eigenvalue weighted by molar-refractivity contribution is -0.113. The van der Waals surface area contributed by atoms with Crippen molar-refractivity contribution in [3.05, 3.63) is 41.2 Å². The van der Waals surface area contributed by atoms with Crippen LogP contribution in [0.2, 0.25) is 0 Å². The van der Waals surface area contributed by atoms with Crippen LogP contribution in [0.25, 0.3) is 0 Å². The summed E-state index contributed by atoms with van der Waals surface area (Å²) in [6.07, 6.45) is 2.21. The average molecular weight is 417 g/mol. The molecule has 1 aromatic carbocycles. The summed E-state index contributed by atoms with van der Waals surface area (Å²) >= 11 is 1.46. The van der Waals surface area contributed by atoms with Crippen molar-refractivity contribution < 1.29 is 9.59 Å². The number of hydrogen-bond acceptors (Lipinski definition) is 4. The molecule has 1 aromatic heterocycles. The number of nitrogens with zero attached hydrogens (tertiary/aromatic N) is 3. The van der Waals surface area contributed by atoms with E-state index in [-0.39, 0.29) is 11.8 Å². The summed E-state index contributed by atoms with van der Waals surface area (Å²) in [6.45, 7) is 12.5. The molecule has 7 heteroatoms. The Morgan fingerprint density at radius 2 is 1.76 bits per heavy atom. The van der Waals surface area contributed by atoms with Crippen molar-refractivity contribution >= 4 is 29.3 Å². The largest absolute Gasteiger partial charge is 0.339 e. The van der Waals surface area contributed by atoms with E-state index in [1.54, 1.807) is 29.2 Å². The highest BCUT2D eigenvalue weighted by Gasteiger charge is 2.14. The van der Waals surface area contributed by atoms with Crippen molar-refractivity contribution in [2.75, 3.05) is 24.2 Å². The second-order valence-corrected chi connectivity index (χ2v) is 7.90. The predicted molar refractivity (Wildman–Crippen MR) is 120 cm³/mol. The van der Waals surface area contributed by atoms with Gasteiger partial charge in [-0.2, -0.15) is 0 Å². The van der Waals surface area contributed by atoms with Crippen LogP contribution in [0.1, 0.15) is 55.4 Å². The maximum absolute atomic E-state index is 12.4. The summed E-state index contributed by atoms with van der Waals surface area (Å²) in [4.78, 5) is 31.1. The molecule has 29 heavy (non-hydrogen) atoms. The number of imidazole rings is 1. The fourth-order valence-corrected chi connectivity index (χ4v) is 3.95. The molecule has 0 aliphatic heterocycles. The average Bonchev–Trinajstić information content (AvgIpc) is 2.99. The van der Waals surface area contributed by atoms with Crippen molar-refractivity contribution in [1.82, 2.24) is 14.5 Å². The standard InChI is InChI=1S/C22H32N4O2S/c1-6-9-14-26-17(5)16(4)23-22(26)29-15-20(27)24-19-12-10-18(11-13-19)21(28)25(7-2)8-3/h10-13H,6-9,14-15H2,1-5H3,(H,24,27). The van der Waals surface area contributed by atoms with E-state index in [4.69, 9.17) is 0 Å². The Morgan fingerprint density at radius 1 is 1.10 bits per heavy atom. The van der Waals surface area contributed by atoms with E-state index in [9.17, 15) is 9.59 Å². The molecule has 2 amide bonds. The lowest BCUT2D eigenvalue weighted by atomic mass is 10.2. The zero-order valence-electron chi connectivity index (χ0n) is 18.1. The van der Waals surface area contributed by atoms with Gasteiger partial charge < -0.3 is 14.8 Å². The Kier molecular flexibility index (Phi) is 8.76. The van der Waals surface area contributed by atoms with Gasteiger partial charge in [0.2, 0.25) is 5.91 Å². The van der Waals surface area contributed by atoms with Gasteiger partial charge in [0.05, 0.1) is 11.4 Å². The summed E-state index contributed by atoms with van der Waals surface area (Å²) in [5.74, 6) is 0.216. The molecule has 0 aliphatic carbocycles. The number of carbonyl (C=O) groups excluding carboxylic acids is 2. The Balaban J connectivity index is 1.95. The number of aromatic nitrogens is 2. The van der Waals surface area contributed by atoms with E-state index in [1.165, 1.54) is 11.8 Å². The predicted octanol–water partition coefficient (Wildman–Crippen LogP) is 4.51. The van der Waals surface area contributed by atoms with Crippen LogP contribution in [0.15, 0.2) is 29.4 Å². The second-order valence-electron chi connectivity index (χ2n) is 6.96. The molecule has 1 N–H and O–H groups in total. The number of benzene rings is 1. The molecule has 0 saturated carbocycles. The van der Waals surface area contributed by atoms with Gasteiger partial charge in [-0.25, -0.2) is 4.98 Å². The first kappa shape index (κ1) is 23.0. The van der Waals surface area contributed by atoms with E-state index in [2.05, 4.69) is 28.7 Å². The highest BCUT2D eigenvalue weighted by Crippen LogP contribution is 2.22. The van der Waals surface area contributed by atoms with Gasteiger partial charge in [-0.15, -0.1) is 0 Å². The third kappa shape index (κ3) is 6.10. The van der Waals surface area contributed by atoms with Gasteiger partial charge >= 0.3 is 0 Å². The van der Waals surface area contributed by atoms with Crippen molar-refractivity contribution in [1.29, 1.82) is 0 Å². The molecule has 0 saturated heterocycles. The summed E-state index contributed by atoms with van der Waals surface area (Å²) in [7, 11) is 0. The minimum absolute atomic E-state index is 0.00749. The first-order chi connectivity index (χ1) is 13.9. The van der Waals surface area contributed by atoms with E-state index < -0.39 is 0 Å². The van der Waals surface area contributed by atoms with Crippen LogP contribution in [0.3, 0.4) is 0 Å². The number of thioether (sulfide) groups is 1. The molecule has 0 fully saturated rings. The molecule has 0 unspecified atom stereocenters. The molecule has 6 nitrogen and oxygen atoms in total. The van der Waals surface area contributed by atoms with E-state index in [1.807, 2.05) is 20.8 Å². The number of aryl methyl sites for hydroxylation is 1. The van der Waals surface area contributed by atoms with Gasteiger partial charge in [0, 0.05) is 36.6 Å². The molecule has 0 spiro atoms. The number of unbranched alkanes of at least 4 members (excludes halogenated alkanes) is 1. The van der Waals surface area contributed by atoms with Crippen molar-refractivity contribution in [2.45, 2.75) is 59.2 Å². The molecule has 0 radical (unpaired) electrons. The quantitative estimate of drug-likeness (QED) is 0.579. The van der Waals surface area contributed by atoms with E-state index in [0.29, 0.717) is 30.1 Å². The maximum atomic E-state index is 12.4. The van der Waals surface area contributed by atoms with Gasteiger partial charge in [0.1, 0.15) is 0 Å². The fraction of sp³-hybridized carbons (Fsp3) is 0.500. The number of rotatable bonds is 10. The van der Waals surface area contributed by atoms with Crippen molar-refractivity contribution in [2.24, 2.45) is 0 Å². The Labute approximate surface area is 178 Å². The normalized spacial score (nSPS) is 10.8. The SMILES string of the molecule is CCCCn1c(SCC(=O)Nc2ccc(C(=O)N(CC)CC)cc2)nc(C)c1C. The monoisotopic (exact) mass is 416 g/mol. The number of anilines is 1. The van der Waals surface area contributed by atoms with Crippen LogP contribution in [0.5, 0.6) is 0 Å². The Hall–Kier alpha value is -2.28. The van der Waals surface area contributed by atoms with E-state index >= 15 is 0 Å². The molecular formula is C22H32N4O2S. The minimum atomic E-state index is -0.0850. The summed E-state index contributed by atoms with van der Waals surface area (Å²) in [6, 6.07) is 7.06. The van der Waals surface area contributed by atoms with Gasteiger partial charge in [0.25, 0.3) is 5.91 Å². The maximum Gasteiger partial charge on any atom is 0.253 e. The van der Waals surface area contributed by atoms with Crippen molar-refractivity contribution in [3.63, 3.8) is 0 Å². The molecule has 2 aromatic rings. The Bertz CT molecular complexity index is 826. The van der Waals surface area contributed by atoms with Crippen molar-refractivity contribution in [3.8, 4) is 0 Å². The molecule has 0 bridgehead atoms. The molecule has 158 valence electrons. The van der Waals surface area contributed by atoms with Crippen LogP contribution in [-0.2, 0) is 11.3 Å². The lowest BCUT2D eigenvalue weighted by Crippen LogP contribution is -2.30. The second kappa shape index (κ2) is 11.0. The van der Waals surface area contributed by atoms with Gasteiger partial charge in [-0.05, 0) is 58.4 Å². The van der Waals surface area contributed by atoms with Crippen LogP contribution < -0.4 is 5.32 Å². The zero-order valence-corrected chi connectivity index (χ0v) is 18.9. The van der Waals surface area contributed by atoms with Crippen LogP contribution in [0.4, 0.5) is 5.69 Å². The first-order valence-corrected chi connectivity index (χ1v) is 11.2. The zero-order chi connectivity index (χ0) is 21.4. The third-order valence-corrected chi connectivity index (χ3v) is 5.93. The van der Waals surface area contributed by atoms with Gasteiger partial charge in [-0.3, -0.25) is 9.59 Å². The Morgan fingerprint density at radius 3 is 2.34 bits per heavy atom. The first-order valence-electron chi connectivity index (χ1n) is 10.3. The minimum Gasteiger partial charge on any atom is -0.339 e. The highest BCUT2D eigenvalue weighted by atomic mass is 32.2. The summed E-state index contributed by atoms with van der Waals surface area (Å²) in [5.41, 5.74) is 3.49. The lowest BCUT2D eigenvalue weighted by Gasteiger charge is -2.18. The van der Waals surface area contributed by atoms with Crippen LogP contribution in [0, 0.1) is 13.8 Å². The van der Waals surface area contributed by atoms with Crippen LogP contribution in [-0.4, -0.2) is 45.1 Å². The van der Waals surface area contributed by atoms with E-state index in [0.717, 1.165) is 35.9 Å². The third-order valence-electron chi connectivity index (χ3n) is 4.96. The molecule has 0 aliphatic rings. The smallest absolute Gasteiger partial charge is 0.253 e. The van der Waals surface area contributed by atoms with Crippen LogP contribution >= 0.6 is 11.8 Å². The number of amides is 2. The summed E-state index contributed by atoms with van der Waals surface area (Å²) < 4.78 is 2.20. The van der Waals surface area contributed by atoms with Gasteiger partial charge in [-0.1, -0.05) is 25.1 Å².